The Hall–Kier alpha value is -1.63. The van der Waals surface area contributed by atoms with Gasteiger partial charge in [-0.1, -0.05) is 12.8 Å². The fraction of sp³-hybridized carbons (Fsp3) is 0.824. The lowest BCUT2D eigenvalue weighted by Gasteiger charge is -2.43. The van der Waals surface area contributed by atoms with Crippen LogP contribution in [0.25, 0.3) is 0 Å². The molecule has 7 heteroatoms. The summed E-state index contributed by atoms with van der Waals surface area (Å²) in [6, 6.07) is -0.429. The molecule has 2 aliphatic heterocycles. The molecule has 24 heavy (non-hydrogen) atoms. The molecule has 0 spiro atoms. The van der Waals surface area contributed by atoms with Crippen LogP contribution < -0.4 is 16.4 Å². The predicted molar refractivity (Wildman–Crippen MR) is 88.9 cm³/mol. The van der Waals surface area contributed by atoms with Gasteiger partial charge in [0.15, 0.2) is 0 Å². The van der Waals surface area contributed by atoms with E-state index in [2.05, 4.69) is 10.6 Å². The standard InChI is InChI=1S/C17H28N4O3/c1-16(18)8-4-3-5-12(16)13(22)21-9-6-11(7-10-21)17(2)14(23)19-15(24)20-17/h11-12H,3-10,18H2,1-2H3,(H2,19,20,23,24). The average Bonchev–Trinajstić information content (AvgIpc) is 2.80. The van der Waals surface area contributed by atoms with Gasteiger partial charge < -0.3 is 16.0 Å². The first kappa shape index (κ1) is 17.2. The van der Waals surface area contributed by atoms with Gasteiger partial charge in [0.1, 0.15) is 5.54 Å². The van der Waals surface area contributed by atoms with Gasteiger partial charge in [-0.3, -0.25) is 14.9 Å². The fourth-order valence-electron chi connectivity index (χ4n) is 4.51. The topological polar surface area (TPSA) is 105 Å². The minimum Gasteiger partial charge on any atom is -0.342 e. The number of likely N-dealkylation sites (tertiary alicyclic amines) is 1. The lowest BCUT2D eigenvalue weighted by molar-refractivity contribution is -0.141. The Labute approximate surface area is 142 Å². The third-order valence-electron chi connectivity index (χ3n) is 6.25. The number of urea groups is 1. The van der Waals surface area contributed by atoms with Crippen LogP contribution in [0.1, 0.15) is 52.4 Å². The minimum atomic E-state index is -0.862. The van der Waals surface area contributed by atoms with Crippen molar-refractivity contribution in [1.29, 1.82) is 0 Å². The van der Waals surface area contributed by atoms with E-state index in [1.807, 2.05) is 11.8 Å². The number of carbonyl (C=O) groups excluding carboxylic acids is 3. The molecular formula is C17H28N4O3. The van der Waals surface area contributed by atoms with Crippen molar-refractivity contribution < 1.29 is 14.4 Å². The molecule has 7 nitrogen and oxygen atoms in total. The van der Waals surface area contributed by atoms with Crippen molar-refractivity contribution in [2.75, 3.05) is 13.1 Å². The van der Waals surface area contributed by atoms with E-state index < -0.39 is 17.1 Å². The first-order valence-electron chi connectivity index (χ1n) is 8.95. The monoisotopic (exact) mass is 336 g/mol. The number of amides is 4. The summed E-state index contributed by atoms with van der Waals surface area (Å²) in [7, 11) is 0. The highest BCUT2D eigenvalue weighted by molar-refractivity contribution is 6.07. The van der Waals surface area contributed by atoms with E-state index in [1.165, 1.54) is 0 Å². The van der Waals surface area contributed by atoms with Crippen molar-refractivity contribution in [1.82, 2.24) is 15.5 Å². The summed E-state index contributed by atoms with van der Waals surface area (Å²) in [5.74, 6) is -0.168. The summed E-state index contributed by atoms with van der Waals surface area (Å²) in [6.45, 7) is 5.00. The van der Waals surface area contributed by atoms with Crippen molar-refractivity contribution in [3.05, 3.63) is 0 Å². The number of rotatable bonds is 2. The lowest BCUT2D eigenvalue weighted by Crippen LogP contribution is -2.57. The molecule has 4 amide bonds. The molecule has 1 aliphatic carbocycles. The van der Waals surface area contributed by atoms with Gasteiger partial charge in [0.2, 0.25) is 5.91 Å². The highest BCUT2D eigenvalue weighted by Crippen LogP contribution is 2.35. The molecule has 3 rings (SSSR count). The Balaban J connectivity index is 1.62. The molecule has 3 atom stereocenters. The van der Waals surface area contributed by atoms with Gasteiger partial charge in [0.05, 0.1) is 5.92 Å². The van der Waals surface area contributed by atoms with Crippen molar-refractivity contribution in [3.63, 3.8) is 0 Å². The van der Waals surface area contributed by atoms with Crippen LogP contribution in [0.15, 0.2) is 0 Å². The van der Waals surface area contributed by atoms with Crippen molar-refractivity contribution in [2.45, 2.75) is 63.5 Å². The Morgan fingerprint density at radius 2 is 1.83 bits per heavy atom. The molecule has 1 saturated carbocycles. The van der Waals surface area contributed by atoms with Crippen LogP contribution in [-0.2, 0) is 9.59 Å². The number of hydrogen-bond donors (Lipinski definition) is 3. The highest BCUT2D eigenvalue weighted by atomic mass is 16.2. The molecule has 2 saturated heterocycles. The largest absolute Gasteiger partial charge is 0.342 e. The summed E-state index contributed by atoms with van der Waals surface area (Å²) in [4.78, 5) is 38.3. The first-order chi connectivity index (χ1) is 11.2. The van der Waals surface area contributed by atoms with Gasteiger partial charge in [0, 0.05) is 18.6 Å². The number of carbonyl (C=O) groups is 3. The molecule has 0 aromatic rings. The van der Waals surface area contributed by atoms with E-state index in [0.717, 1.165) is 25.7 Å². The maximum Gasteiger partial charge on any atom is 0.322 e. The third-order valence-corrected chi connectivity index (χ3v) is 6.25. The second kappa shape index (κ2) is 6.02. The quantitative estimate of drug-likeness (QED) is 0.647. The van der Waals surface area contributed by atoms with Gasteiger partial charge >= 0.3 is 6.03 Å². The van der Waals surface area contributed by atoms with Crippen molar-refractivity contribution in [2.24, 2.45) is 17.6 Å². The maximum absolute atomic E-state index is 12.9. The Morgan fingerprint density at radius 1 is 1.17 bits per heavy atom. The highest BCUT2D eigenvalue weighted by Gasteiger charge is 2.49. The van der Waals surface area contributed by atoms with E-state index in [1.54, 1.807) is 6.92 Å². The third kappa shape index (κ3) is 2.90. The Bertz CT molecular complexity index is 554. The molecule has 0 radical (unpaired) electrons. The molecule has 0 bridgehead atoms. The summed E-state index contributed by atoms with van der Waals surface area (Å²) in [6.07, 6.45) is 5.33. The predicted octanol–water partition coefficient (Wildman–Crippen LogP) is 0.731. The number of nitrogens with zero attached hydrogens (tertiary/aromatic N) is 1. The van der Waals surface area contributed by atoms with Crippen molar-refractivity contribution >= 4 is 17.8 Å². The SMILES string of the molecule is CC1(N)CCCCC1C(=O)N1CCC(C2(C)NC(=O)NC2=O)CC1. The lowest BCUT2D eigenvalue weighted by atomic mass is 9.73. The van der Waals surface area contributed by atoms with E-state index in [-0.39, 0.29) is 23.7 Å². The van der Waals surface area contributed by atoms with Crippen molar-refractivity contribution in [3.8, 4) is 0 Å². The molecule has 134 valence electrons. The van der Waals surface area contributed by atoms with Gasteiger partial charge in [-0.2, -0.15) is 0 Å². The average molecular weight is 336 g/mol. The number of nitrogens with one attached hydrogen (secondary N) is 2. The molecule has 3 fully saturated rings. The van der Waals surface area contributed by atoms with Crippen LogP contribution >= 0.6 is 0 Å². The summed E-state index contributed by atoms with van der Waals surface area (Å²) in [5, 5.41) is 5.06. The second-order valence-corrected chi connectivity index (χ2v) is 8.01. The number of hydrogen-bond acceptors (Lipinski definition) is 4. The number of nitrogens with two attached hydrogens (primary N) is 1. The molecular weight excluding hydrogens is 308 g/mol. The maximum atomic E-state index is 12.9. The van der Waals surface area contributed by atoms with Gasteiger partial charge in [-0.15, -0.1) is 0 Å². The molecule has 3 aliphatic rings. The van der Waals surface area contributed by atoms with Crippen LogP contribution in [0, 0.1) is 11.8 Å². The van der Waals surface area contributed by atoms with E-state index >= 15 is 0 Å². The first-order valence-corrected chi connectivity index (χ1v) is 8.95. The van der Waals surface area contributed by atoms with Crippen LogP contribution in [0.4, 0.5) is 4.79 Å². The van der Waals surface area contributed by atoms with E-state index in [0.29, 0.717) is 25.9 Å². The molecule has 3 unspecified atom stereocenters. The van der Waals surface area contributed by atoms with Crippen LogP contribution in [-0.4, -0.2) is 46.9 Å². The van der Waals surface area contributed by atoms with Gasteiger partial charge in [0.25, 0.3) is 5.91 Å². The fourth-order valence-corrected chi connectivity index (χ4v) is 4.51. The number of piperidine rings is 1. The Morgan fingerprint density at radius 3 is 2.38 bits per heavy atom. The van der Waals surface area contributed by atoms with Crippen LogP contribution in [0.2, 0.25) is 0 Å². The normalized spacial score (nSPS) is 38.0. The van der Waals surface area contributed by atoms with E-state index in [9.17, 15) is 14.4 Å². The van der Waals surface area contributed by atoms with Gasteiger partial charge in [-0.25, -0.2) is 4.79 Å². The van der Waals surface area contributed by atoms with Crippen LogP contribution in [0.5, 0.6) is 0 Å². The molecule has 2 heterocycles. The number of imide groups is 1. The second-order valence-electron chi connectivity index (χ2n) is 8.01. The molecule has 0 aromatic heterocycles. The van der Waals surface area contributed by atoms with E-state index in [4.69, 9.17) is 5.73 Å². The summed E-state index contributed by atoms with van der Waals surface area (Å²) < 4.78 is 0. The summed E-state index contributed by atoms with van der Waals surface area (Å²) in [5.41, 5.74) is 5.08. The minimum absolute atomic E-state index is 0.0450. The molecule has 4 N–H and O–H groups in total. The Kier molecular flexibility index (Phi) is 4.32. The zero-order valence-corrected chi connectivity index (χ0v) is 14.6. The van der Waals surface area contributed by atoms with Crippen LogP contribution in [0.3, 0.4) is 0 Å². The summed E-state index contributed by atoms with van der Waals surface area (Å²) >= 11 is 0. The smallest absolute Gasteiger partial charge is 0.322 e. The zero-order valence-electron chi connectivity index (χ0n) is 14.6. The van der Waals surface area contributed by atoms with Gasteiger partial charge in [-0.05, 0) is 45.4 Å². The molecule has 0 aromatic carbocycles. The zero-order chi connectivity index (χ0) is 17.5.